The van der Waals surface area contributed by atoms with Crippen LogP contribution in [0.15, 0.2) is 30.3 Å². The topological polar surface area (TPSA) is 62.0 Å². The Kier molecular flexibility index (Phi) is 5.09. The quantitative estimate of drug-likeness (QED) is 0.808. The molecule has 0 radical (unpaired) electrons. The van der Waals surface area contributed by atoms with Crippen molar-refractivity contribution in [1.29, 1.82) is 0 Å². The maximum absolute atomic E-state index is 13.4. The molecule has 1 aromatic carbocycles. The van der Waals surface area contributed by atoms with E-state index in [1.807, 2.05) is 40.3 Å². The Morgan fingerprint density at radius 3 is 2.84 bits per heavy atom. The van der Waals surface area contributed by atoms with Gasteiger partial charge in [-0.25, -0.2) is 9.40 Å². The Labute approximate surface area is 112 Å². The van der Waals surface area contributed by atoms with Gasteiger partial charge in [0.2, 0.25) is 6.36 Å². The lowest BCUT2D eigenvalue weighted by molar-refractivity contribution is -0.102. The second-order valence-electron chi connectivity index (χ2n) is 4.50. The van der Waals surface area contributed by atoms with Crippen molar-refractivity contribution in [3.8, 4) is 0 Å². The number of nitrogens with zero attached hydrogens (tertiary/aromatic N) is 2. The maximum Gasteiger partial charge on any atom is 0.213 e. The van der Waals surface area contributed by atoms with Crippen molar-refractivity contribution in [1.82, 2.24) is 5.01 Å². The third kappa shape index (κ3) is 3.87. The van der Waals surface area contributed by atoms with E-state index in [0.717, 1.165) is 5.69 Å². The highest BCUT2D eigenvalue weighted by molar-refractivity contribution is 5.45. The number of halogens is 1. The zero-order valence-electron chi connectivity index (χ0n) is 10.8. The number of anilines is 1. The van der Waals surface area contributed by atoms with Crippen LogP contribution in [0, 0.1) is 0 Å². The van der Waals surface area contributed by atoms with E-state index in [2.05, 4.69) is 0 Å². The maximum atomic E-state index is 13.4. The molecule has 3 N–H and O–H groups in total. The zero-order chi connectivity index (χ0) is 13.7. The minimum atomic E-state index is -1.30. The van der Waals surface area contributed by atoms with Gasteiger partial charge < -0.3 is 20.6 Å². The number of nitrogens with two attached hydrogens (primary N) is 1. The van der Waals surface area contributed by atoms with Crippen molar-refractivity contribution in [3.63, 3.8) is 0 Å². The lowest BCUT2D eigenvalue weighted by Gasteiger charge is -2.40. The van der Waals surface area contributed by atoms with E-state index in [1.54, 1.807) is 0 Å². The summed E-state index contributed by atoms with van der Waals surface area (Å²) in [7, 11) is 0. The molecule has 1 aliphatic heterocycles. The van der Waals surface area contributed by atoms with Crippen molar-refractivity contribution in [3.05, 3.63) is 30.3 Å². The molecule has 0 amide bonds. The van der Waals surface area contributed by atoms with E-state index in [0.29, 0.717) is 19.7 Å². The van der Waals surface area contributed by atoms with Gasteiger partial charge in [-0.05, 0) is 12.1 Å². The number of hydrazine groups is 1. The van der Waals surface area contributed by atoms with Crippen LogP contribution in [-0.2, 0) is 4.74 Å². The van der Waals surface area contributed by atoms with Crippen LogP contribution in [0.4, 0.5) is 10.1 Å². The average Bonchev–Trinajstić information content (AvgIpc) is 2.45. The molecule has 0 saturated carbocycles. The van der Waals surface area contributed by atoms with Crippen molar-refractivity contribution < 1.29 is 14.2 Å². The highest BCUT2D eigenvalue weighted by Crippen LogP contribution is 2.19. The number of rotatable bonds is 5. The normalized spacial score (nSPS) is 22.2. The van der Waals surface area contributed by atoms with Gasteiger partial charge in [-0.1, -0.05) is 18.2 Å². The first-order valence-electron chi connectivity index (χ1n) is 6.42. The largest absolute Gasteiger partial charge is 0.390 e. The molecule has 1 heterocycles. The minimum absolute atomic E-state index is 0.159. The molecule has 1 fully saturated rings. The van der Waals surface area contributed by atoms with Crippen LogP contribution in [0.25, 0.3) is 0 Å². The van der Waals surface area contributed by atoms with Gasteiger partial charge in [-0.2, -0.15) is 0 Å². The van der Waals surface area contributed by atoms with E-state index in [9.17, 15) is 9.50 Å². The molecule has 2 unspecified atom stereocenters. The van der Waals surface area contributed by atoms with Gasteiger partial charge in [0, 0.05) is 13.1 Å². The van der Waals surface area contributed by atoms with E-state index in [-0.39, 0.29) is 13.1 Å². The number of alkyl halides is 1. The third-order valence-corrected chi connectivity index (χ3v) is 3.05. The van der Waals surface area contributed by atoms with Gasteiger partial charge in [0.05, 0.1) is 31.5 Å². The first kappa shape index (κ1) is 14.2. The lowest BCUT2D eigenvalue weighted by atomic mass is 10.2. The fraction of sp³-hybridized carbons (Fsp3) is 0.538. The van der Waals surface area contributed by atoms with Crippen LogP contribution in [0.5, 0.6) is 0 Å². The van der Waals surface area contributed by atoms with Crippen LogP contribution in [0.1, 0.15) is 0 Å². The summed E-state index contributed by atoms with van der Waals surface area (Å²) >= 11 is 0. The Morgan fingerprint density at radius 2 is 2.21 bits per heavy atom. The number of ether oxygens (including phenoxy) is 1. The van der Waals surface area contributed by atoms with Gasteiger partial charge >= 0.3 is 0 Å². The van der Waals surface area contributed by atoms with Crippen molar-refractivity contribution >= 4 is 5.69 Å². The van der Waals surface area contributed by atoms with Crippen LogP contribution in [-0.4, -0.2) is 55.4 Å². The van der Waals surface area contributed by atoms with E-state index in [4.69, 9.17) is 10.5 Å². The van der Waals surface area contributed by atoms with E-state index < -0.39 is 12.5 Å². The number of benzene rings is 1. The summed E-state index contributed by atoms with van der Waals surface area (Å²) in [6, 6.07) is 9.57. The fourth-order valence-electron chi connectivity index (χ4n) is 2.07. The molecule has 1 aliphatic rings. The summed E-state index contributed by atoms with van der Waals surface area (Å²) in [5.74, 6) is 0. The second-order valence-corrected chi connectivity index (χ2v) is 4.50. The van der Waals surface area contributed by atoms with Crippen LogP contribution in [0.2, 0.25) is 0 Å². The summed E-state index contributed by atoms with van der Waals surface area (Å²) in [6.07, 6.45) is -1.95. The predicted octanol–water partition coefficient (Wildman–Crippen LogP) is 0.355. The highest BCUT2D eigenvalue weighted by atomic mass is 19.1. The first-order chi connectivity index (χ1) is 9.20. The smallest absolute Gasteiger partial charge is 0.213 e. The Bertz CT molecular complexity index is 379. The van der Waals surface area contributed by atoms with Gasteiger partial charge in [0.15, 0.2) is 0 Å². The van der Waals surface area contributed by atoms with Crippen LogP contribution in [0.3, 0.4) is 0 Å². The van der Waals surface area contributed by atoms with Crippen molar-refractivity contribution in [2.45, 2.75) is 12.5 Å². The minimum Gasteiger partial charge on any atom is -0.390 e. The molecule has 2 atom stereocenters. The Balaban J connectivity index is 2.14. The van der Waals surface area contributed by atoms with Crippen LogP contribution < -0.4 is 10.7 Å². The molecule has 6 heteroatoms. The highest BCUT2D eigenvalue weighted by Gasteiger charge is 2.26. The number of aliphatic hydroxyl groups is 1. The molecule has 0 aliphatic carbocycles. The summed E-state index contributed by atoms with van der Waals surface area (Å²) in [6.45, 7) is 1.60. The summed E-state index contributed by atoms with van der Waals surface area (Å²) in [5, 5.41) is 13.5. The first-order valence-corrected chi connectivity index (χ1v) is 6.42. The fourth-order valence-corrected chi connectivity index (χ4v) is 2.07. The van der Waals surface area contributed by atoms with Gasteiger partial charge in [0.1, 0.15) is 0 Å². The number of aliphatic hydroxyl groups excluding tert-OH is 1. The summed E-state index contributed by atoms with van der Waals surface area (Å²) < 4.78 is 18.3. The molecule has 0 bridgehead atoms. The SMILES string of the molecule is NCC(O)CN(c1ccccc1)N1CCOC(F)C1. The second kappa shape index (κ2) is 6.81. The number of morpholine rings is 1. The van der Waals surface area contributed by atoms with Crippen LogP contribution >= 0.6 is 0 Å². The number of para-hydroxylation sites is 1. The van der Waals surface area contributed by atoms with E-state index >= 15 is 0 Å². The number of hydrogen-bond donors (Lipinski definition) is 2. The van der Waals surface area contributed by atoms with Crippen molar-refractivity contribution in [2.24, 2.45) is 5.73 Å². The molecule has 19 heavy (non-hydrogen) atoms. The molecule has 2 rings (SSSR count). The van der Waals surface area contributed by atoms with Gasteiger partial charge in [-0.15, -0.1) is 0 Å². The average molecular weight is 269 g/mol. The zero-order valence-corrected chi connectivity index (χ0v) is 10.8. The third-order valence-electron chi connectivity index (χ3n) is 3.05. The van der Waals surface area contributed by atoms with Crippen molar-refractivity contribution in [2.75, 3.05) is 37.8 Å². The standard InChI is InChI=1S/C13H20FN3O2/c14-13-10-16(6-7-19-13)17(9-12(18)8-15)11-4-2-1-3-5-11/h1-5,12-13,18H,6-10,15H2. The predicted molar refractivity (Wildman–Crippen MR) is 71.3 cm³/mol. The molecule has 0 spiro atoms. The molecule has 1 aromatic rings. The van der Waals surface area contributed by atoms with Gasteiger partial charge in [0.25, 0.3) is 0 Å². The molecular weight excluding hydrogens is 249 g/mol. The summed E-state index contributed by atoms with van der Waals surface area (Å²) in [4.78, 5) is 0. The lowest BCUT2D eigenvalue weighted by Crippen LogP contribution is -2.54. The molecule has 1 saturated heterocycles. The molecule has 0 aromatic heterocycles. The monoisotopic (exact) mass is 269 g/mol. The molecular formula is C13H20FN3O2. The number of hydrogen-bond acceptors (Lipinski definition) is 5. The van der Waals surface area contributed by atoms with E-state index in [1.165, 1.54) is 0 Å². The molecule has 5 nitrogen and oxygen atoms in total. The van der Waals surface area contributed by atoms with Gasteiger partial charge in [-0.3, -0.25) is 0 Å². The summed E-state index contributed by atoms with van der Waals surface area (Å²) in [5.41, 5.74) is 6.37. The Morgan fingerprint density at radius 1 is 1.47 bits per heavy atom. The Hall–Kier alpha value is -1.21. The molecule has 106 valence electrons.